The molecule has 2 rings (SSSR count). The lowest BCUT2D eigenvalue weighted by atomic mass is 10.0. The van der Waals surface area contributed by atoms with E-state index < -0.39 is 0 Å². The highest BCUT2D eigenvalue weighted by Crippen LogP contribution is 2.26. The first-order chi connectivity index (χ1) is 8.36. The molecule has 0 atom stereocenters. The first kappa shape index (κ1) is 11.9. The van der Waals surface area contributed by atoms with Crippen molar-refractivity contribution in [2.24, 2.45) is 0 Å². The number of fused-ring (bicyclic) bond motifs is 1. The van der Waals surface area contributed by atoms with Crippen LogP contribution in [0.5, 0.6) is 5.75 Å². The van der Waals surface area contributed by atoms with Gasteiger partial charge < -0.3 is 15.2 Å². The van der Waals surface area contributed by atoms with Gasteiger partial charge in [0.15, 0.2) is 0 Å². The van der Waals surface area contributed by atoms with E-state index in [4.69, 9.17) is 9.84 Å². The molecule has 0 aliphatic carbocycles. The molecule has 0 spiro atoms. The van der Waals surface area contributed by atoms with Gasteiger partial charge in [-0.2, -0.15) is 0 Å². The number of quaternary nitrogens is 1. The number of methoxy groups -OCH3 is 1. The Bertz CT molecular complexity index is 497. The molecule has 3 N–H and O–H groups in total. The average molecular weight is 232 g/mol. The lowest BCUT2D eigenvalue weighted by Gasteiger charge is -2.10. The van der Waals surface area contributed by atoms with Gasteiger partial charge in [0.25, 0.3) is 0 Å². The van der Waals surface area contributed by atoms with Crippen molar-refractivity contribution in [1.82, 2.24) is 0 Å². The van der Waals surface area contributed by atoms with Gasteiger partial charge in [-0.1, -0.05) is 30.3 Å². The summed E-state index contributed by atoms with van der Waals surface area (Å²) in [6.45, 7) is 1.74. The monoisotopic (exact) mass is 232 g/mol. The average Bonchev–Trinajstić information content (AvgIpc) is 2.39. The van der Waals surface area contributed by atoms with Crippen molar-refractivity contribution >= 4 is 10.8 Å². The van der Waals surface area contributed by atoms with Gasteiger partial charge in [-0.05, 0) is 16.8 Å². The number of aliphatic hydroxyl groups is 1. The van der Waals surface area contributed by atoms with E-state index in [1.807, 2.05) is 18.2 Å². The van der Waals surface area contributed by atoms with E-state index in [-0.39, 0.29) is 6.61 Å². The molecule has 0 heterocycles. The molecule has 0 saturated heterocycles. The summed E-state index contributed by atoms with van der Waals surface area (Å²) in [7, 11) is 1.69. The van der Waals surface area contributed by atoms with E-state index in [0.717, 1.165) is 12.3 Å². The van der Waals surface area contributed by atoms with Crippen LogP contribution in [0.2, 0.25) is 0 Å². The van der Waals surface area contributed by atoms with Crippen molar-refractivity contribution in [3.05, 3.63) is 42.0 Å². The van der Waals surface area contributed by atoms with Crippen LogP contribution in [0, 0.1) is 0 Å². The summed E-state index contributed by atoms with van der Waals surface area (Å²) < 4.78 is 5.40. The molecule has 2 aromatic rings. The number of benzene rings is 2. The molecule has 0 unspecified atom stereocenters. The lowest BCUT2D eigenvalue weighted by molar-refractivity contribution is -0.671. The van der Waals surface area contributed by atoms with E-state index in [1.165, 1.54) is 16.3 Å². The number of aliphatic hydroxyl groups excluding tert-OH is 1. The minimum Gasteiger partial charge on any atom is -0.496 e. The van der Waals surface area contributed by atoms with Crippen LogP contribution in [0.3, 0.4) is 0 Å². The Kier molecular flexibility index (Phi) is 3.96. The largest absolute Gasteiger partial charge is 0.496 e. The van der Waals surface area contributed by atoms with E-state index in [1.54, 1.807) is 7.11 Å². The Morgan fingerprint density at radius 1 is 1.18 bits per heavy atom. The standard InChI is InChI=1S/C14H17NO2/c1-17-14-7-6-11-4-2-3-5-12(11)13(14)10-15-8-9-16/h2-7,15-16H,8-10H2,1H3/p+1. The molecule has 0 aliphatic heterocycles. The van der Waals surface area contributed by atoms with Crippen molar-refractivity contribution in [3.8, 4) is 5.75 Å². The predicted molar refractivity (Wildman–Crippen MR) is 68.1 cm³/mol. The minimum atomic E-state index is 0.201. The number of hydrogen-bond donors (Lipinski definition) is 2. The van der Waals surface area contributed by atoms with E-state index in [0.29, 0.717) is 6.54 Å². The van der Waals surface area contributed by atoms with Gasteiger partial charge in [-0.25, -0.2) is 0 Å². The molecule has 0 aliphatic rings. The maximum atomic E-state index is 8.82. The summed E-state index contributed by atoms with van der Waals surface area (Å²) in [5.74, 6) is 0.915. The van der Waals surface area contributed by atoms with Crippen LogP contribution in [0.4, 0.5) is 0 Å². The van der Waals surface area contributed by atoms with E-state index in [2.05, 4.69) is 23.5 Å². The summed E-state index contributed by atoms with van der Waals surface area (Å²) in [5, 5.41) is 13.4. The van der Waals surface area contributed by atoms with Gasteiger partial charge >= 0.3 is 0 Å². The van der Waals surface area contributed by atoms with Crippen molar-refractivity contribution in [2.75, 3.05) is 20.3 Å². The van der Waals surface area contributed by atoms with Crippen LogP contribution in [-0.4, -0.2) is 25.4 Å². The number of ether oxygens (including phenoxy) is 1. The fourth-order valence-corrected chi connectivity index (χ4v) is 2.06. The fraction of sp³-hybridized carbons (Fsp3) is 0.286. The van der Waals surface area contributed by atoms with Crippen LogP contribution in [0.1, 0.15) is 5.56 Å². The highest BCUT2D eigenvalue weighted by atomic mass is 16.5. The van der Waals surface area contributed by atoms with E-state index >= 15 is 0 Å². The summed E-state index contributed by atoms with van der Waals surface area (Å²) in [6.07, 6.45) is 0. The maximum Gasteiger partial charge on any atom is 0.128 e. The van der Waals surface area contributed by atoms with Gasteiger partial charge in [0, 0.05) is 0 Å². The lowest BCUT2D eigenvalue weighted by Crippen LogP contribution is -2.83. The van der Waals surface area contributed by atoms with Gasteiger partial charge in [0.05, 0.1) is 25.8 Å². The Hall–Kier alpha value is -1.58. The van der Waals surface area contributed by atoms with Crippen LogP contribution in [0.15, 0.2) is 36.4 Å². The molecule has 0 bridgehead atoms. The van der Waals surface area contributed by atoms with Gasteiger partial charge in [-0.3, -0.25) is 0 Å². The zero-order valence-corrected chi connectivity index (χ0v) is 10.0. The predicted octanol–water partition coefficient (Wildman–Crippen LogP) is 0.904. The Labute approximate surface area is 101 Å². The fourth-order valence-electron chi connectivity index (χ4n) is 2.06. The third-order valence-electron chi connectivity index (χ3n) is 2.90. The molecule has 3 nitrogen and oxygen atoms in total. The molecule has 0 radical (unpaired) electrons. The summed E-state index contributed by atoms with van der Waals surface area (Å²) in [6, 6.07) is 12.4. The molecule has 17 heavy (non-hydrogen) atoms. The Morgan fingerprint density at radius 3 is 2.76 bits per heavy atom. The summed E-state index contributed by atoms with van der Waals surface area (Å²) in [5.41, 5.74) is 1.19. The second-order valence-corrected chi connectivity index (χ2v) is 3.97. The highest BCUT2D eigenvalue weighted by molar-refractivity contribution is 5.87. The van der Waals surface area contributed by atoms with Crippen molar-refractivity contribution < 1.29 is 15.2 Å². The third kappa shape index (κ3) is 2.57. The van der Waals surface area contributed by atoms with Crippen LogP contribution in [0.25, 0.3) is 10.8 Å². The topological polar surface area (TPSA) is 46.1 Å². The Morgan fingerprint density at radius 2 is 2.00 bits per heavy atom. The van der Waals surface area contributed by atoms with Crippen LogP contribution >= 0.6 is 0 Å². The van der Waals surface area contributed by atoms with Gasteiger partial charge in [0.1, 0.15) is 12.3 Å². The first-order valence-corrected chi connectivity index (χ1v) is 5.84. The van der Waals surface area contributed by atoms with E-state index in [9.17, 15) is 0 Å². The zero-order valence-electron chi connectivity index (χ0n) is 10.0. The molecule has 2 aromatic carbocycles. The molecule has 0 fully saturated rings. The van der Waals surface area contributed by atoms with Gasteiger partial charge in [0.2, 0.25) is 0 Å². The third-order valence-corrected chi connectivity index (χ3v) is 2.90. The minimum absolute atomic E-state index is 0.201. The molecule has 0 amide bonds. The van der Waals surface area contributed by atoms with Gasteiger partial charge in [-0.15, -0.1) is 0 Å². The first-order valence-electron chi connectivity index (χ1n) is 5.84. The summed E-state index contributed by atoms with van der Waals surface area (Å²) >= 11 is 0. The quantitative estimate of drug-likeness (QED) is 0.753. The molecule has 90 valence electrons. The van der Waals surface area contributed by atoms with Crippen LogP contribution < -0.4 is 10.1 Å². The Balaban J connectivity index is 2.40. The van der Waals surface area contributed by atoms with Crippen molar-refractivity contribution in [2.45, 2.75) is 6.54 Å². The molecule has 3 heteroatoms. The molecular formula is C14H18NO2+. The molecule has 0 saturated carbocycles. The van der Waals surface area contributed by atoms with Crippen LogP contribution in [-0.2, 0) is 6.54 Å². The number of rotatable bonds is 5. The number of hydrogen-bond acceptors (Lipinski definition) is 2. The van der Waals surface area contributed by atoms with Crippen molar-refractivity contribution in [3.63, 3.8) is 0 Å². The molecular weight excluding hydrogens is 214 g/mol. The normalized spacial score (nSPS) is 10.7. The second-order valence-electron chi connectivity index (χ2n) is 3.97. The highest BCUT2D eigenvalue weighted by Gasteiger charge is 2.09. The zero-order chi connectivity index (χ0) is 12.1. The smallest absolute Gasteiger partial charge is 0.128 e. The van der Waals surface area contributed by atoms with Crippen molar-refractivity contribution in [1.29, 1.82) is 0 Å². The number of nitrogens with two attached hydrogens (primary N) is 1. The summed E-state index contributed by atoms with van der Waals surface area (Å²) in [4.78, 5) is 0. The second kappa shape index (κ2) is 5.66. The maximum absolute atomic E-state index is 8.82. The molecule has 0 aromatic heterocycles. The SMILES string of the molecule is COc1ccc2ccccc2c1C[NH2+]CCO.